The average molecular weight is 414 g/mol. The molecular formula is C22H24ClN3O3. The fourth-order valence-corrected chi connectivity index (χ4v) is 2.77. The Kier molecular flexibility index (Phi) is 7.67. The summed E-state index contributed by atoms with van der Waals surface area (Å²) in [5, 5.41) is 3.86. The van der Waals surface area contributed by atoms with E-state index in [4.69, 9.17) is 21.1 Å². The average Bonchev–Trinajstić information content (AvgIpc) is 2.74. The molecule has 0 aliphatic rings. The van der Waals surface area contributed by atoms with Crippen molar-refractivity contribution in [1.29, 1.82) is 0 Å². The molecule has 6 nitrogen and oxygen atoms in total. The maximum atomic E-state index is 12.5. The Morgan fingerprint density at radius 2 is 1.86 bits per heavy atom. The number of aromatic nitrogens is 2. The molecule has 0 atom stereocenters. The van der Waals surface area contributed by atoms with Crippen LogP contribution in [-0.2, 0) is 6.61 Å². The molecule has 7 heteroatoms. The van der Waals surface area contributed by atoms with Crippen LogP contribution < -0.4 is 20.3 Å². The normalized spacial score (nSPS) is 10.7. The van der Waals surface area contributed by atoms with Crippen molar-refractivity contribution in [3.8, 4) is 17.2 Å². The summed E-state index contributed by atoms with van der Waals surface area (Å²) in [6.45, 7) is 4.79. The fourth-order valence-electron chi connectivity index (χ4n) is 2.66. The Morgan fingerprint density at radius 3 is 2.55 bits per heavy atom. The summed E-state index contributed by atoms with van der Waals surface area (Å²) in [7, 11) is 0. The molecule has 29 heavy (non-hydrogen) atoms. The van der Waals surface area contributed by atoms with Crippen molar-refractivity contribution in [2.45, 2.75) is 20.0 Å². The Balaban J connectivity index is 1.58. The second-order valence-electron chi connectivity index (χ2n) is 6.42. The lowest BCUT2D eigenvalue weighted by atomic mass is 10.3. The van der Waals surface area contributed by atoms with Gasteiger partial charge in [0.1, 0.15) is 24.7 Å². The number of hydrogen-bond acceptors (Lipinski definition) is 5. The van der Waals surface area contributed by atoms with E-state index < -0.39 is 0 Å². The molecular weight excluding hydrogens is 390 g/mol. The molecule has 0 saturated carbocycles. The Morgan fingerprint density at radius 1 is 1.03 bits per heavy atom. The zero-order valence-electron chi connectivity index (χ0n) is 16.3. The van der Waals surface area contributed by atoms with Crippen LogP contribution >= 0.6 is 11.6 Å². The molecule has 0 aliphatic heterocycles. The Hall–Kier alpha value is -2.83. The van der Waals surface area contributed by atoms with Crippen LogP contribution in [0.1, 0.15) is 19.0 Å². The number of nitrogens with one attached hydrogen (secondary N) is 1. The highest BCUT2D eigenvalue weighted by Gasteiger charge is 2.04. The SMILES string of the molecule is CCCNCCOc1ccc(-n2ccc(OCc3ccc(Cl)cn3)cc2=O)cc1. The van der Waals surface area contributed by atoms with Crippen LogP contribution in [0.2, 0.25) is 5.02 Å². The fraction of sp³-hybridized carbons (Fsp3) is 0.273. The first-order valence-corrected chi connectivity index (χ1v) is 9.93. The van der Waals surface area contributed by atoms with Gasteiger partial charge in [-0.25, -0.2) is 0 Å². The number of nitrogens with zero attached hydrogens (tertiary/aromatic N) is 2. The van der Waals surface area contributed by atoms with Crippen molar-refractivity contribution in [1.82, 2.24) is 14.9 Å². The molecule has 0 bridgehead atoms. The third-order valence-corrected chi connectivity index (χ3v) is 4.38. The number of ether oxygens (including phenoxy) is 2. The lowest BCUT2D eigenvalue weighted by Gasteiger charge is -2.10. The van der Waals surface area contributed by atoms with Gasteiger partial charge >= 0.3 is 0 Å². The van der Waals surface area contributed by atoms with Crippen LogP contribution in [0.15, 0.2) is 65.7 Å². The van der Waals surface area contributed by atoms with E-state index in [0.29, 0.717) is 17.4 Å². The largest absolute Gasteiger partial charge is 0.492 e. The molecule has 3 aromatic rings. The maximum absolute atomic E-state index is 12.5. The number of benzene rings is 1. The molecule has 1 N–H and O–H groups in total. The van der Waals surface area contributed by atoms with E-state index in [1.807, 2.05) is 24.3 Å². The summed E-state index contributed by atoms with van der Waals surface area (Å²) < 4.78 is 12.9. The minimum absolute atomic E-state index is 0.177. The summed E-state index contributed by atoms with van der Waals surface area (Å²) >= 11 is 5.82. The highest BCUT2D eigenvalue weighted by atomic mass is 35.5. The van der Waals surface area contributed by atoms with Gasteiger partial charge in [0.25, 0.3) is 5.56 Å². The Labute approximate surface area is 175 Å². The smallest absolute Gasteiger partial charge is 0.258 e. The summed E-state index contributed by atoms with van der Waals surface area (Å²) in [6.07, 6.45) is 4.36. The van der Waals surface area contributed by atoms with E-state index in [1.165, 1.54) is 6.07 Å². The first-order valence-electron chi connectivity index (χ1n) is 9.55. The molecule has 3 rings (SSSR count). The third-order valence-electron chi connectivity index (χ3n) is 4.16. The van der Waals surface area contributed by atoms with Crippen LogP contribution in [0, 0.1) is 0 Å². The van der Waals surface area contributed by atoms with Gasteiger partial charge in [0.2, 0.25) is 0 Å². The lowest BCUT2D eigenvalue weighted by Crippen LogP contribution is -2.21. The molecule has 0 amide bonds. The van der Waals surface area contributed by atoms with Gasteiger partial charge in [0.05, 0.1) is 10.7 Å². The van der Waals surface area contributed by atoms with Gasteiger partial charge in [-0.2, -0.15) is 0 Å². The quantitative estimate of drug-likeness (QED) is 0.511. The van der Waals surface area contributed by atoms with Crippen molar-refractivity contribution >= 4 is 11.6 Å². The van der Waals surface area contributed by atoms with Gasteiger partial charge < -0.3 is 14.8 Å². The highest BCUT2D eigenvalue weighted by Crippen LogP contribution is 2.16. The molecule has 152 valence electrons. The number of rotatable bonds is 10. The van der Waals surface area contributed by atoms with Gasteiger partial charge in [-0.3, -0.25) is 14.3 Å². The van der Waals surface area contributed by atoms with Crippen LogP contribution in [0.5, 0.6) is 11.5 Å². The van der Waals surface area contributed by atoms with Gasteiger partial charge in [0, 0.05) is 30.7 Å². The van der Waals surface area contributed by atoms with E-state index >= 15 is 0 Å². The van der Waals surface area contributed by atoms with Gasteiger partial charge in [-0.1, -0.05) is 18.5 Å². The predicted octanol–water partition coefficient (Wildman–Crippen LogP) is 3.84. The minimum atomic E-state index is -0.177. The highest BCUT2D eigenvalue weighted by molar-refractivity contribution is 6.30. The van der Waals surface area contributed by atoms with Crippen molar-refractivity contribution < 1.29 is 9.47 Å². The number of halogens is 1. The van der Waals surface area contributed by atoms with Crippen LogP contribution in [0.4, 0.5) is 0 Å². The molecule has 1 aromatic carbocycles. The monoisotopic (exact) mass is 413 g/mol. The lowest BCUT2D eigenvalue weighted by molar-refractivity contribution is 0.300. The predicted molar refractivity (Wildman–Crippen MR) is 114 cm³/mol. The maximum Gasteiger partial charge on any atom is 0.258 e. The molecule has 0 saturated heterocycles. The first kappa shape index (κ1) is 20.9. The van der Waals surface area contributed by atoms with Crippen LogP contribution in [0.3, 0.4) is 0 Å². The van der Waals surface area contributed by atoms with Crippen molar-refractivity contribution in [3.63, 3.8) is 0 Å². The second kappa shape index (κ2) is 10.6. The molecule has 2 heterocycles. The third kappa shape index (κ3) is 6.34. The zero-order chi connectivity index (χ0) is 20.5. The molecule has 0 unspecified atom stereocenters. The molecule has 2 aromatic heterocycles. The van der Waals surface area contributed by atoms with Gasteiger partial charge in [-0.05, 0) is 55.4 Å². The topological polar surface area (TPSA) is 65.4 Å². The van der Waals surface area contributed by atoms with Crippen LogP contribution in [0.25, 0.3) is 5.69 Å². The number of pyridine rings is 2. The van der Waals surface area contributed by atoms with Gasteiger partial charge in [-0.15, -0.1) is 0 Å². The molecule has 0 fully saturated rings. The number of hydrogen-bond donors (Lipinski definition) is 1. The van der Waals surface area contributed by atoms with E-state index in [0.717, 1.165) is 36.6 Å². The summed E-state index contributed by atoms with van der Waals surface area (Å²) in [4.78, 5) is 16.6. The minimum Gasteiger partial charge on any atom is -0.492 e. The van der Waals surface area contributed by atoms with Crippen molar-refractivity contribution in [2.24, 2.45) is 0 Å². The van der Waals surface area contributed by atoms with E-state index in [9.17, 15) is 4.79 Å². The Bertz CT molecular complexity index is 956. The van der Waals surface area contributed by atoms with E-state index in [1.54, 1.807) is 35.2 Å². The summed E-state index contributed by atoms with van der Waals surface area (Å²) in [6, 6.07) is 14.2. The standard InChI is InChI=1S/C22H24ClN3O3/c1-2-10-24-11-13-28-20-7-5-19(6-8-20)26-12-9-21(14-22(26)27)29-16-18-4-3-17(23)15-25-18/h3-9,12,14-15,24H,2,10-11,13,16H2,1H3. The van der Waals surface area contributed by atoms with E-state index in [2.05, 4.69) is 17.2 Å². The van der Waals surface area contributed by atoms with Gasteiger partial charge in [0.15, 0.2) is 0 Å². The second-order valence-corrected chi connectivity index (χ2v) is 6.86. The van der Waals surface area contributed by atoms with E-state index in [-0.39, 0.29) is 12.2 Å². The molecule has 0 aliphatic carbocycles. The molecule has 0 spiro atoms. The zero-order valence-corrected chi connectivity index (χ0v) is 17.1. The first-order chi connectivity index (χ1) is 14.2. The molecule has 0 radical (unpaired) electrons. The van der Waals surface area contributed by atoms with Crippen molar-refractivity contribution in [2.75, 3.05) is 19.7 Å². The summed E-state index contributed by atoms with van der Waals surface area (Å²) in [5.41, 5.74) is 1.32. The van der Waals surface area contributed by atoms with Crippen LogP contribution in [-0.4, -0.2) is 29.2 Å². The van der Waals surface area contributed by atoms with Crippen molar-refractivity contribution in [3.05, 3.63) is 82.0 Å². The summed E-state index contributed by atoms with van der Waals surface area (Å²) in [5.74, 6) is 1.26.